The van der Waals surface area contributed by atoms with Crippen LogP contribution in [0.5, 0.6) is 5.75 Å². The van der Waals surface area contributed by atoms with E-state index in [4.69, 9.17) is 4.74 Å². The molecule has 1 N–H and O–H groups in total. The fourth-order valence-corrected chi connectivity index (χ4v) is 2.81. The molecule has 4 rings (SSSR count). The maximum atomic E-state index is 5.65. The Hall–Kier alpha value is -2.95. The van der Waals surface area contributed by atoms with Gasteiger partial charge in [0.05, 0.1) is 18.0 Å². The molecule has 0 atom stereocenters. The number of ether oxygens (including phenoxy) is 1. The summed E-state index contributed by atoms with van der Waals surface area (Å²) in [5, 5.41) is 3.29. The van der Waals surface area contributed by atoms with E-state index < -0.39 is 0 Å². The fraction of sp³-hybridized carbons (Fsp3) is 0.211. The van der Waals surface area contributed by atoms with Crippen molar-refractivity contribution in [2.75, 3.05) is 11.9 Å². The third kappa shape index (κ3) is 3.20. The zero-order valence-corrected chi connectivity index (χ0v) is 13.3. The van der Waals surface area contributed by atoms with Crippen molar-refractivity contribution >= 4 is 5.95 Å². The Kier molecular flexibility index (Phi) is 4.06. The molecule has 2 aromatic heterocycles. The van der Waals surface area contributed by atoms with Gasteiger partial charge in [0.1, 0.15) is 5.75 Å². The topological polar surface area (TPSA) is 59.9 Å². The summed E-state index contributed by atoms with van der Waals surface area (Å²) in [6, 6.07) is 14.0. The van der Waals surface area contributed by atoms with Gasteiger partial charge in [-0.05, 0) is 48.2 Å². The zero-order valence-electron chi connectivity index (χ0n) is 13.3. The number of rotatable bonds is 4. The van der Waals surface area contributed by atoms with E-state index in [0.717, 1.165) is 36.6 Å². The summed E-state index contributed by atoms with van der Waals surface area (Å²) in [5.74, 6) is 1.62. The zero-order chi connectivity index (χ0) is 16.2. The number of benzene rings is 1. The lowest BCUT2D eigenvalue weighted by atomic mass is 10.0. The highest BCUT2D eigenvalue weighted by atomic mass is 16.5. The minimum absolute atomic E-state index is 0.604. The molecule has 0 saturated carbocycles. The molecule has 3 aromatic rings. The Morgan fingerprint density at radius 3 is 2.92 bits per heavy atom. The summed E-state index contributed by atoms with van der Waals surface area (Å²) in [5.41, 5.74) is 4.13. The molecule has 0 amide bonds. The maximum Gasteiger partial charge on any atom is 0.223 e. The van der Waals surface area contributed by atoms with Crippen LogP contribution in [-0.2, 0) is 13.0 Å². The van der Waals surface area contributed by atoms with Gasteiger partial charge >= 0.3 is 0 Å². The molecular weight excluding hydrogens is 300 g/mol. The Bertz CT molecular complexity index is 836. The van der Waals surface area contributed by atoms with Crippen LogP contribution in [0.25, 0.3) is 11.4 Å². The third-order valence-electron chi connectivity index (χ3n) is 4.01. The first-order valence-corrected chi connectivity index (χ1v) is 8.11. The lowest BCUT2D eigenvalue weighted by Crippen LogP contribution is -2.10. The van der Waals surface area contributed by atoms with E-state index in [2.05, 4.69) is 38.5 Å². The molecular formula is C19H18N4O. The van der Waals surface area contributed by atoms with Crippen molar-refractivity contribution in [2.45, 2.75) is 19.4 Å². The number of fused-ring (bicyclic) bond motifs is 1. The van der Waals surface area contributed by atoms with Gasteiger partial charge in [-0.25, -0.2) is 9.97 Å². The molecule has 3 heterocycles. The minimum Gasteiger partial charge on any atom is -0.493 e. The fourth-order valence-electron chi connectivity index (χ4n) is 2.81. The van der Waals surface area contributed by atoms with E-state index in [1.54, 1.807) is 12.4 Å². The van der Waals surface area contributed by atoms with Crippen LogP contribution in [0.4, 0.5) is 5.95 Å². The molecule has 1 aromatic carbocycles. The summed E-state index contributed by atoms with van der Waals surface area (Å²) in [6.07, 6.45) is 5.67. The predicted molar refractivity (Wildman–Crippen MR) is 92.8 cm³/mol. The molecule has 0 aliphatic carbocycles. The second kappa shape index (κ2) is 6.66. The van der Waals surface area contributed by atoms with Gasteiger partial charge < -0.3 is 10.1 Å². The van der Waals surface area contributed by atoms with Crippen LogP contribution in [0.1, 0.15) is 17.5 Å². The van der Waals surface area contributed by atoms with E-state index in [-0.39, 0.29) is 0 Å². The maximum absolute atomic E-state index is 5.65. The first-order valence-electron chi connectivity index (χ1n) is 8.11. The summed E-state index contributed by atoms with van der Waals surface area (Å²) in [4.78, 5) is 13.2. The Labute approximate surface area is 140 Å². The van der Waals surface area contributed by atoms with E-state index in [1.165, 1.54) is 11.1 Å². The minimum atomic E-state index is 0.604. The summed E-state index contributed by atoms with van der Waals surface area (Å²) >= 11 is 0. The van der Waals surface area contributed by atoms with Crippen LogP contribution in [0.2, 0.25) is 0 Å². The van der Waals surface area contributed by atoms with Gasteiger partial charge in [-0.1, -0.05) is 18.2 Å². The van der Waals surface area contributed by atoms with Gasteiger partial charge in [-0.3, -0.25) is 4.98 Å². The van der Waals surface area contributed by atoms with Crippen molar-refractivity contribution in [2.24, 2.45) is 0 Å². The predicted octanol–water partition coefficient (Wildman–Crippen LogP) is 3.48. The average Bonchev–Trinajstić information content (AvgIpc) is 2.67. The molecule has 1 aliphatic rings. The van der Waals surface area contributed by atoms with Crippen LogP contribution in [0.3, 0.4) is 0 Å². The van der Waals surface area contributed by atoms with Crippen molar-refractivity contribution in [1.82, 2.24) is 15.0 Å². The second-order valence-electron chi connectivity index (χ2n) is 5.73. The molecule has 0 unspecified atom stereocenters. The van der Waals surface area contributed by atoms with E-state index in [1.807, 2.05) is 24.3 Å². The van der Waals surface area contributed by atoms with Crippen molar-refractivity contribution in [3.05, 3.63) is 66.0 Å². The van der Waals surface area contributed by atoms with Crippen molar-refractivity contribution in [3.8, 4) is 17.1 Å². The number of aryl methyl sites for hydroxylation is 1. The normalized spacial score (nSPS) is 13.0. The van der Waals surface area contributed by atoms with Crippen LogP contribution in [-0.4, -0.2) is 21.6 Å². The Balaban J connectivity index is 1.48. The van der Waals surface area contributed by atoms with Gasteiger partial charge in [0.2, 0.25) is 5.95 Å². The van der Waals surface area contributed by atoms with Crippen LogP contribution >= 0.6 is 0 Å². The highest BCUT2D eigenvalue weighted by molar-refractivity contribution is 5.54. The molecule has 5 heteroatoms. The molecule has 0 bridgehead atoms. The molecule has 0 radical (unpaired) electrons. The molecule has 0 spiro atoms. The first-order chi connectivity index (χ1) is 11.9. The number of aromatic nitrogens is 3. The number of pyridine rings is 1. The van der Waals surface area contributed by atoms with Crippen molar-refractivity contribution in [1.29, 1.82) is 0 Å². The van der Waals surface area contributed by atoms with Gasteiger partial charge in [-0.2, -0.15) is 0 Å². The third-order valence-corrected chi connectivity index (χ3v) is 4.01. The lowest BCUT2D eigenvalue weighted by Gasteiger charge is -2.18. The number of nitrogens with one attached hydrogen (secondary N) is 1. The summed E-state index contributed by atoms with van der Waals surface area (Å²) in [7, 11) is 0. The summed E-state index contributed by atoms with van der Waals surface area (Å²) < 4.78 is 5.65. The molecule has 5 nitrogen and oxygen atoms in total. The Morgan fingerprint density at radius 1 is 1.00 bits per heavy atom. The number of nitrogens with zero attached hydrogens (tertiary/aromatic N) is 3. The first kappa shape index (κ1) is 14.6. The molecule has 0 fully saturated rings. The van der Waals surface area contributed by atoms with E-state index in [9.17, 15) is 0 Å². The van der Waals surface area contributed by atoms with Crippen molar-refractivity contribution in [3.63, 3.8) is 0 Å². The largest absolute Gasteiger partial charge is 0.493 e. The monoisotopic (exact) mass is 318 g/mol. The van der Waals surface area contributed by atoms with Crippen LogP contribution in [0, 0.1) is 0 Å². The van der Waals surface area contributed by atoms with Gasteiger partial charge in [0.15, 0.2) is 0 Å². The quantitative estimate of drug-likeness (QED) is 0.798. The average molecular weight is 318 g/mol. The molecule has 24 heavy (non-hydrogen) atoms. The number of hydrogen-bond acceptors (Lipinski definition) is 5. The smallest absolute Gasteiger partial charge is 0.223 e. The van der Waals surface area contributed by atoms with Crippen LogP contribution in [0.15, 0.2) is 54.9 Å². The lowest BCUT2D eigenvalue weighted by molar-refractivity contribution is 0.288. The highest BCUT2D eigenvalue weighted by Crippen LogP contribution is 2.25. The summed E-state index contributed by atoms with van der Waals surface area (Å²) in [6.45, 7) is 1.50. The van der Waals surface area contributed by atoms with Crippen LogP contribution < -0.4 is 10.1 Å². The standard InChI is InChI=1S/C19H18N4O/c1-2-9-20-16(5-1)17-8-10-21-19(23-17)22-13-14-6-7-18-15(12-14)4-3-11-24-18/h1-2,5-10,12H,3-4,11,13H2,(H,21,22,23). The van der Waals surface area contributed by atoms with E-state index >= 15 is 0 Å². The molecule has 120 valence electrons. The molecule has 1 aliphatic heterocycles. The van der Waals surface area contributed by atoms with Gasteiger partial charge in [0.25, 0.3) is 0 Å². The van der Waals surface area contributed by atoms with Gasteiger partial charge in [0, 0.05) is 18.9 Å². The van der Waals surface area contributed by atoms with E-state index in [0.29, 0.717) is 12.5 Å². The second-order valence-corrected chi connectivity index (χ2v) is 5.73. The number of anilines is 1. The van der Waals surface area contributed by atoms with Gasteiger partial charge in [-0.15, -0.1) is 0 Å². The van der Waals surface area contributed by atoms with Crippen molar-refractivity contribution < 1.29 is 4.74 Å². The Morgan fingerprint density at radius 2 is 2.00 bits per heavy atom. The highest BCUT2D eigenvalue weighted by Gasteiger charge is 2.10. The number of hydrogen-bond donors (Lipinski definition) is 1. The molecule has 0 saturated heterocycles. The SMILES string of the molecule is c1ccc(-c2ccnc(NCc3ccc4c(c3)CCCO4)n2)nc1.